The third-order valence-electron chi connectivity index (χ3n) is 6.41. The van der Waals surface area contributed by atoms with Gasteiger partial charge in [-0.05, 0) is 37.5 Å². The summed E-state index contributed by atoms with van der Waals surface area (Å²) in [6.45, 7) is 3.18. The van der Waals surface area contributed by atoms with Gasteiger partial charge in [0.15, 0.2) is 0 Å². The molecule has 4 rings (SSSR count). The van der Waals surface area contributed by atoms with Crippen molar-refractivity contribution in [1.29, 1.82) is 0 Å². The highest BCUT2D eigenvalue weighted by Crippen LogP contribution is 2.36. The highest BCUT2D eigenvalue weighted by atomic mass is 16.6. The lowest BCUT2D eigenvalue weighted by atomic mass is 9.77. The van der Waals surface area contributed by atoms with Gasteiger partial charge in [0.05, 0.1) is 10.8 Å². The molecule has 36 heavy (non-hydrogen) atoms. The summed E-state index contributed by atoms with van der Waals surface area (Å²) in [4.78, 5) is 52.3. The number of piperidine rings is 1. The van der Waals surface area contributed by atoms with Gasteiger partial charge in [-0.25, -0.2) is 19.6 Å². The van der Waals surface area contributed by atoms with Crippen molar-refractivity contribution in [3.63, 3.8) is 0 Å². The summed E-state index contributed by atoms with van der Waals surface area (Å²) < 4.78 is 5.29. The number of amides is 4. The molecule has 0 aliphatic carbocycles. The fourth-order valence-corrected chi connectivity index (χ4v) is 4.32. The number of carbonyl (C=O) groups excluding carboxylic acids is 3. The molecule has 1 aliphatic rings. The standard InChI is InChI=1S/C24H30N8O4/c1-15-12-26-19-18(15)20(29-14-28-19)32-9-7-24(8-10-32,13-27-22(25)34)21(33)30-16-5-4-6-17(11-16)36-23(35)31(2)3/h4-6,11-12,14H,7-10,13H2,1-3H3,(H,30,33)(H3,25,27,34)(H,26,28,29). The molecule has 1 aromatic carbocycles. The van der Waals surface area contributed by atoms with Crippen molar-refractivity contribution in [3.8, 4) is 5.75 Å². The van der Waals surface area contributed by atoms with Gasteiger partial charge < -0.3 is 35.9 Å². The van der Waals surface area contributed by atoms with Crippen LogP contribution >= 0.6 is 0 Å². The Kier molecular flexibility index (Phi) is 6.95. The summed E-state index contributed by atoms with van der Waals surface area (Å²) in [5, 5.41) is 6.49. The van der Waals surface area contributed by atoms with E-state index in [9.17, 15) is 14.4 Å². The summed E-state index contributed by atoms with van der Waals surface area (Å²) in [6, 6.07) is 5.91. The molecule has 0 spiro atoms. The molecule has 0 bridgehead atoms. The van der Waals surface area contributed by atoms with E-state index in [4.69, 9.17) is 10.5 Å². The van der Waals surface area contributed by atoms with Gasteiger partial charge in [0, 0.05) is 51.7 Å². The fraction of sp³-hybridized carbons (Fsp3) is 0.375. The molecule has 0 radical (unpaired) electrons. The van der Waals surface area contributed by atoms with E-state index in [-0.39, 0.29) is 12.5 Å². The van der Waals surface area contributed by atoms with Crippen LogP contribution in [0.1, 0.15) is 18.4 Å². The number of nitrogens with one attached hydrogen (secondary N) is 3. The Morgan fingerprint density at radius 1 is 1.22 bits per heavy atom. The van der Waals surface area contributed by atoms with Crippen LogP contribution < -0.4 is 26.0 Å². The molecule has 4 amide bonds. The third-order valence-corrected chi connectivity index (χ3v) is 6.41. The Bertz CT molecular complexity index is 1280. The second kappa shape index (κ2) is 10.1. The number of anilines is 2. The van der Waals surface area contributed by atoms with E-state index in [1.54, 1.807) is 38.4 Å². The lowest BCUT2D eigenvalue weighted by Gasteiger charge is -2.41. The molecule has 0 atom stereocenters. The van der Waals surface area contributed by atoms with Crippen molar-refractivity contribution in [3.05, 3.63) is 42.4 Å². The second-order valence-electron chi connectivity index (χ2n) is 9.12. The van der Waals surface area contributed by atoms with Gasteiger partial charge in [-0.3, -0.25) is 4.79 Å². The molecule has 190 valence electrons. The maximum Gasteiger partial charge on any atom is 0.414 e. The van der Waals surface area contributed by atoms with Gasteiger partial charge in [-0.15, -0.1) is 0 Å². The quantitative estimate of drug-likeness (QED) is 0.409. The topological polar surface area (TPSA) is 159 Å². The lowest BCUT2D eigenvalue weighted by molar-refractivity contribution is -0.126. The first-order valence-corrected chi connectivity index (χ1v) is 11.6. The summed E-state index contributed by atoms with van der Waals surface area (Å²) in [7, 11) is 3.17. The Morgan fingerprint density at radius 3 is 2.67 bits per heavy atom. The minimum atomic E-state index is -0.888. The minimum Gasteiger partial charge on any atom is -0.410 e. The predicted molar refractivity (Wildman–Crippen MR) is 135 cm³/mol. The largest absolute Gasteiger partial charge is 0.414 e. The molecule has 0 unspecified atom stereocenters. The van der Waals surface area contributed by atoms with Crippen LogP contribution in [0, 0.1) is 12.3 Å². The van der Waals surface area contributed by atoms with Crippen LogP contribution in [0.15, 0.2) is 36.8 Å². The molecule has 5 N–H and O–H groups in total. The monoisotopic (exact) mass is 494 g/mol. The number of aromatic nitrogens is 3. The number of hydrogen-bond donors (Lipinski definition) is 4. The molecule has 3 heterocycles. The Labute approximate surface area is 208 Å². The van der Waals surface area contributed by atoms with Crippen molar-refractivity contribution < 1.29 is 19.1 Å². The van der Waals surface area contributed by atoms with Gasteiger partial charge in [0.25, 0.3) is 0 Å². The molecule has 12 nitrogen and oxygen atoms in total. The molecule has 12 heteroatoms. The van der Waals surface area contributed by atoms with E-state index in [2.05, 4.69) is 30.5 Å². The maximum absolute atomic E-state index is 13.5. The van der Waals surface area contributed by atoms with Gasteiger partial charge in [-0.1, -0.05) is 6.07 Å². The summed E-state index contributed by atoms with van der Waals surface area (Å²) >= 11 is 0. The number of rotatable bonds is 6. The number of carbonyl (C=O) groups is 3. The number of nitrogens with zero attached hydrogens (tertiary/aromatic N) is 4. The van der Waals surface area contributed by atoms with E-state index >= 15 is 0 Å². The molecular formula is C24H30N8O4. The van der Waals surface area contributed by atoms with Crippen LogP contribution in [0.2, 0.25) is 0 Å². The summed E-state index contributed by atoms with van der Waals surface area (Å²) in [5.74, 6) is 0.865. The first kappa shape index (κ1) is 24.8. The smallest absolute Gasteiger partial charge is 0.410 e. The van der Waals surface area contributed by atoms with E-state index in [0.29, 0.717) is 37.4 Å². The summed E-state index contributed by atoms with van der Waals surface area (Å²) in [6.07, 6.45) is 3.81. The van der Waals surface area contributed by atoms with Crippen molar-refractivity contribution in [1.82, 2.24) is 25.2 Å². The number of ether oxygens (including phenoxy) is 1. The molecule has 3 aromatic rings. The molecule has 1 fully saturated rings. The van der Waals surface area contributed by atoms with Gasteiger partial charge in [0.2, 0.25) is 5.91 Å². The average Bonchev–Trinajstić information content (AvgIpc) is 3.24. The second-order valence-corrected chi connectivity index (χ2v) is 9.12. The number of fused-ring (bicyclic) bond motifs is 1. The Hall–Kier alpha value is -4.35. The van der Waals surface area contributed by atoms with Gasteiger partial charge >= 0.3 is 12.1 Å². The Balaban J connectivity index is 1.52. The average molecular weight is 495 g/mol. The highest BCUT2D eigenvalue weighted by molar-refractivity contribution is 5.96. The number of benzene rings is 1. The van der Waals surface area contributed by atoms with Crippen molar-refractivity contribution in [2.75, 3.05) is 43.9 Å². The fourth-order valence-electron chi connectivity index (χ4n) is 4.32. The van der Waals surface area contributed by atoms with Crippen LogP contribution in [-0.2, 0) is 4.79 Å². The minimum absolute atomic E-state index is 0.0969. The zero-order valence-electron chi connectivity index (χ0n) is 20.5. The number of aryl methyl sites for hydroxylation is 1. The van der Waals surface area contributed by atoms with E-state index in [1.165, 1.54) is 11.2 Å². The highest BCUT2D eigenvalue weighted by Gasteiger charge is 2.42. The molecule has 1 aliphatic heterocycles. The number of urea groups is 1. The van der Waals surface area contributed by atoms with E-state index < -0.39 is 17.5 Å². The van der Waals surface area contributed by atoms with E-state index in [0.717, 1.165) is 22.4 Å². The Morgan fingerprint density at radius 2 is 1.97 bits per heavy atom. The van der Waals surface area contributed by atoms with Crippen LogP contribution in [0.5, 0.6) is 5.75 Å². The van der Waals surface area contributed by atoms with Gasteiger partial charge in [0.1, 0.15) is 23.5 Å². The molecule has 1 saturated heterocycles. The van der Waals surface area contributed by atoms with Crippen LogP contribution in [-0.4, -0.2) is 71.6 Å². The first-order valence-electron chi connectivity index (χ1n) is 11.6. The number of hydrogen-bond acceptors (Lipinski definition) is 7. The van der Waals surface area contributed by atoms with Crippen molar-refractivity contribution in [2.45, 2.75) is 19.8 Å². The molecule has 2 aromatic heterocycles. The van der Waals surface area contributed by atoms with Crippen molar-refractivity contribution >= 4 is 40.6 Å². The molecular weight excluding hydrogens is 464 g/mol. The van der Waals surface area contributed by atoms with Crippen molar-refractivity contribution in [2.24, 2.45) is 11.1 Å². The SMILES string of the molecule is Cc1c[nH]c2ncnc(N3CCC(CNC(N)=O)(C(=O)Nc4cccc(OC(=O)N(C)C)c4)CC3)c12. The lowest BCUT2D eigenvalue weighted by Crippen LogP contribution is -2.53. The normalized spacial score (nSPS) is 14.8. The zero-order valence-corrected chi connectivity index (χ0v) is 20.5. The van der Waals surface area contributed by atoms with Crippen LogP contribution in [0.3, 0.4) is 0 Å². The number of aromatic amines is 1. The third kappa shape index (κ3) is 5.16. The number of primary amides is 1. The number of nitrogens with two attached hydrogens (primary N) is 1. The van der Waals surface area contributed by atoms with Crippen LogP contribution in [0.4, 0.5) is 21.1 Å². The maximum atomic E-state index is 13.5. The van der Waals surface area contributed by atoms with Crippen LogP contribution in [0.25, 0.3) is 11.0 Å². The van der Waals surface area contributed by atoms with E-state index in [1.807, 2.05) is 13.1 Å². The van der Waals surface area contributed by atoms with Gasteiger partial charge in [-0.2, -0.15) is 0 Å². The number of H-pyrrole nitrogens is 1. The first-order chi connectivity index (χ1) is 17.2. The predicted octanol–water partition coefficient (Wildman–Crippen LogP) is 2.22. The zero-order chi connectivity index (χ0) is 25.9. The summed E-state index contributed by atoms with van der Waals surface area (Å²) in [5.41, 5.74) is 6.73. The molecule has 0 saturated carbocycles.